The highest BCUT2D eigenvalue weighted by Crippen LogP contribution is 2.10. The molecule has 1 saturated heterocycles. The fourth-order valence-corrected chi connectivity index (χ4v) is 2.92. The zero-order valence-electron chi connectivity index (χ0n) is 14.2. The normalized spacial score (nSPS) is 16.7. The van der Waals surface area contributed by atoms with Gasteiger partial charge >= 0.3 is 0 Å². The fourth-order valence-electron chi connectivity index (χ4n) is 2.92. The van der Waals surface area contributed by atoms with Gasteiger partial charge in [-0.05, 0) is 26.3 Å². The van der Waals surface area contributed by atoms with Gasteiger partial charge in [0.15, 0.2) is 0 Å². The Kier molecular flexibility index (Phi) is 6.40. The standard InChI is InChI=1S/C18H29N3O/c1-4-21(5-2)18(22)15-20-12-10-19(11-13-20)14-17-8-6-16(3)7-9-17/h6-9H,4-5,10-15H2,1-3H3. The number of amides is 1. The van der Waals surface area contributed by atoms with E-state index in [0.717, 1.165) is 45.8 Å². The molecule has 1 fully saturated rings. The molecule has 1 aromatic carbocycles. The van der Waals surface area contributed by atoms with Gasteiger partial charge in [-0.3, -0.25) is 14.6 Å². The lowest BCUT2D eigenvalue weighted by Crippen LogP contribution is -2.49. The van der Waals surface area contributed by atoms with Crippen molar-refractivity contribution in [2.24, 2.45) is 0 Å². The van der Waals surface area contributed by atoms with Crippen LogP contribution in [0.25, 0.3) is 0 Å². The second-order valence-electron chi connectivity index (χ2n) is 6.10. The number of aryl methyl sites for hydroxylation is 1. The summed E-state index contributed by atoms with van der Waals surface area (Å²) in [7, 11) is 0. The molecule has 2 rings (SSSR count). The number of piperazine rings is 1. The van der Waals surface area contributed by atoms with Gasteiger partial charge in [0.25, 0.3) is 0 Å². The van der Waals surface area contributed by atoms with Crippen molar-refractivity contribution < 1.29 is 4.79 Å². The Morgan fingerprint density at radius 1 is 1.00 bits per heavy atom. The molecule has 0 aromatic heterocycles. The van der Waals surface area contributed by atoms with Crippen molar-refractivity contribution in [1.82, 2.24) is 14.7 Å². The lowest BCUT2D eigenvalue weighted by atomic mass is 10.1. The molecule has 0 unspecified atom stereocenters. The molecule has 1 aliphatic heterocycles. The van der Waals surface area contributed by atoms with Crippen molar-refractivity contribution in [3.05, 3.63) is 35.4 Å². The summed E-state index contributed by atoms with van der Waals surface area (Å²) >= 11 is 0. The zero-order valence-corrected chi connectivity index (χ0v) is 14.2. The molecule has 122 valence electrons. The molecular formula is C18H29N3O. The molecule has 0 saturated carbocycles. The Hall–Kier alpha value is -1.39. The topological polar surface area (TPSA) is 26.8 Å². The number of carbonyl (C=O) groups excluding carboxylic acids is 1. The van der Waals surface area contributed by atoms with E-state index in [9.17, 15) is 4.79 Å². The summed E-state index contributed by atoms with van der Waals surface area (Å²) in [5.74, 6) is 0.261. The third-order valence-corrected chi connectivity index (χ3v) is 4.47. The molecule has 0 spiro atoms. The summed E-state index contributed by atoms with van der Waals surface area (Å²) in [6, 6.07) is 8.78. The van der Waals surface area contributed by atoms with Crippen LogP contribution in [0.4, 0.5) is 0 Å². The van der Waals surface area contributed by atoms with Crippen molar-refractivity contribution in [1.29, 1.82) is 0 Å². The summed E-state index contributed by atoms with van der Waals surface area (Å²) in [5.41, 5.74) is 2.68. The Balaban J connectivity index is 1.75. The summed E-state index contributed by atoms with van der Waals surface area (Å²) < 4.78 is 0. The highest BCUT2D eigenvalue weighted by molar-refractivity contribution is 5.78. The van der Waals surface area contributed by atoms with Gasteiger partial charge in [0.2, 0.25) is 5.91 Å². The minimum atomic E-state index is 0.261. The van der Waals surface area contributed by atoms with Crippen LogP contribution >= 0.6 is 0 Å². The van der Waals surface area contributed by atoms with Gasteiger partial charge in [-0.2, -0.15) is 0 Å². The van der Waals surface area contributed by atoms with Crippen LogP contribution in [-0.4, -0.2) is 66.4 Å². The number of likely N-dealkylation sites (N-methyl/N-ethyl adjacent to an activating group) is 1. The largest absolute Gasteiger partial charge is 0.342 e. The Bertz CT molecular complexity index is 460. The zero-order chi connectivity index (χ0) is 15.9. The second kappa shape index (κ2) is 8.30. The Labute approximate surface area is 134 Å². The van der Waals surface area contributed by atoms with E-state index in [1.165, 1.54) is 11.1 Å². The van der Waals surface area contributed by atoms with E-state index in [-0.39, 0.29) is 5.91 Å². The molecule has 1 amide bonds. The van der Waals surface area contributed by atoms with Crippen LogP contribution in [0.5, 0.6) is 0 Å². The van der Waals surface area contributed by atoms with Crippen LogP contribution in [0.2, 0.25) is 0 Å². The summed E-state index contributed by atoms with van der Waals surface area (Å²) in [6.07, 6.45) is 0. The average Bonchev–Trinajstić information content (AvgIpc) is 2.53. The molecule has 1 aromatic rings. The Morgan fingerprint density at radius 2 is 1.55 bits per heavy atom. The number of hydrogen-bond acceptors (Lipinski definition) is 3. The number of rotatable bonds is 6. The third kappa shape index (κ3) is 4.82. The van der Waals surface area contributed by atoms with Crippen LogP contribution in [0.3, 0.4) is 0 Å². The van der Waals surface area contributed by atoms with Gasteiger partial charge < -0.3 is 4.90 Å². The minimum absolute atomic E-state index is 0.261. The molecule has 4 heteroatoms. The minimum Gasteiger partial charge on any atom is -0.342 e. The second-order valence-corrected chi connectivity index (χ2v) is 6.10. The predicted octanol–water partition coefficient (Wildman–Crippen LogP) is 1.98. The average molecular weight is 303 g/mol. The van der Waals surface area contributed by atoms with Gasteiger partial charge in [-0.25, -0.2) is 0 Å². The van der Waals surface area contributed by atoms with Crippen molar-refractivity contribution in [3.63, 3.8) is 0 Å². The van der Waals surface area contributed by atoms with E-state index in [2.05, 4.69) is 41.0 Å². The molecule has 0 N–H and O–H groups in total. The molecule has 1 heterocycles. The predicted molar refractivity (Wildman–Crippen MR) is 90.8 cm³/mol. The number of hydrogen-bond donors (Lipinski definition) is 0. The first kappa shape index (κ1) is 17.0. The van der Waals surface area contributed by atoms with Crippen molar-refractivity contribution in [2.45, 2.75) is 27.3 Å². The summed E-state index contributed by atoms with van der Waals surface area (Å²) in [4.78, 5) is 18.8. The smallest absolute Gasteiger partial charge is 0.236 e. The molecule has 4 nitrogen and oxygen atoms in total. The quantitative estimate of drug-likeness (QED) is 0.804. The maximum atomic E-state index is 12.1. The van der Waals surface area contributed by atoms with Crippen molar-refractivity contribution in [2.75, 3.05) is 45.8 Å². The molecule has 22 heavy (non-hydrogen) atoms. The molecule has 0 aliphatic carbocycles. The van der Waals surface area contributed by atoms with Crippen LogP contribution < -0.4 is 0 Å². The number of nitrogens with zero attached hydrogens (tertiary/aromatic N) is 3. The molecule has 0 radical (unpaired) electrons. The van der Waals surface area contributed by atoms with E-state index in [1.807, 2.05) is 18.7 Å². The van der Waals surface area contributed by atoms with Gasteiger partial charge in [0.1, 0.15) is 0 Å². The van der Waals surface area contributed by atoms with Gasteiger partial charge in [-0.15, -0.1) is 0 Å². The lowest BCUT2D eigenvalue weighted by molar-refractivity contribution is -0.132. The number of benzene rings is 1. The summed E-state index contributed by atoms with van der Waals surface area (Å²) in [5, 5.41) is 0. The van der Waals surface area contributed by atoms with E-state index < -0.39 is 0 Å². The van der Waals surface area contributed by atoms with E-state index >= 15 is 0 Å². The maximum absolute atomic E-state index is 12.1. The van der Waals surface area contributed by atoms with Gasteiger partial charge in [-0.1, -0.05) is 29.8 Å². The highest BCUT2D eigenvalue weighted by Gasteiger charge is 2.20. The van der Waals surface area contributed by atoms with Crippen LogP contribution in [0.1, 0.15) is 25.0 Å². The molecule has 0 bridgehead atoms. The number of carbonyl (C=O) groups is 1. The van der Waals surface area contributed by atoms with Crippen molar-refractivity contribution >= 4 is 5.91 Å². The van der Waals surface area contributed by atoms with Gasteiger partial charge in [0.05, 0.1) is 6.54 Å². The summed E-state index contributed by atoms with van der Waals surface area (Å²) in [6.45, 7) is 13.5. The maximum Gasteiger partial charge on any atom is 0.236 e. The first-order chi connectivity index (χ1) is 10.6. The molecule has 0 atom stereocenters. The first-order valence-electron chi connectivity index (χ1n) is 8.40. The van der Waals surface area contributed by atoms with Crippen LogP contribution in [0.15, 0.2) is 24.3 Å². The molecular weight excluding hydrogens is 274 g/mol. The van der Waals surface area contributed by atoms with Crippen molar-refractivity contribution in [3.8, 4) is 0 Å². The Morgan fingerprint density at radius 3 is 2.09 bits per heavy atom. The highest BCUT2D eigenvalue weighted by atomic mass is 16.2. The van der Waals surface area contributed by atoms with E-state index in [1.54, 1.807) is 0 Å². The first-order valence-corrected chi connectivity index (χ1v) is 8.40. The monoisotopic (exact) mass is 303 g/mol. The lowest BCUT2D eigenvalue weighted by Gasteiger charge is -2.35. The van der Waals surface area contributed by atoms with Crippen LogP contribution in [-0.2, 0) is 11.3 Å². The van der Waals surface area contributed by atoms with Crippen LogP contribution in [0, 0.1) is 6.92 Å². The SMILES string of the molecule is CCN(CC)C(=O)CN1CCN(Cc2ccc(C)cc2)CC1. The van der Waals surface area contributed by atoms with E-state index in [4.69, 9.17) is 0 Å². The van der Waals surface area contributed by atoms with E-state index in [0.29, 0.717) is 6.54 Å². The third-order valence-electron chi connectivity index (χ3n) is 4.47. The van der Waals surface area contributed by atoms with Gasteiger partial charge in [0, 0.05) is 45.8 Å². The molecule has 1 aliphatic rings. The fraction of sp³-hybridized carbons (Fsp3) is 0.611.